The van der Waals surface area contributed by atoms with Crippen LogP contribution in [0.5, 0.6) is 11.5 Å². The number of nitro groups is 1. The summed E-state index contributed by atoms with van der Waals surface area (Å²) in [6.07, 6.45) is 1.63. The van der Waals surface area contributed by atoms with Crippen molar-refractivity contribution < 1.29 is 23.6 Å². The van der Waals surface area contributed by atoms with Gasteiger partial charge in [0, 0.05) is 6.54 Å². The summed E-state index contributed by atoms with van der Waals surface area (Å²) in [6.45, 7) is -0.0228. The van der Waals surface area contributed by atoms with E-state index in [2.05, 4.69) is 0 Å². The normalized spacial score (nSPS) is 10.0. The van der Waals surface area contributed by atoms with E-state index in [1.165, 1.54) is 36.5 Å². The van der Waals surface area contributed by atoms with Gasteiger partial charge in [-0.1, -0.05) is 0 Å². The van der Waals surface area contributed by atoms with E-state index in [-0.39, 0.29) is 30.9 Å². The molecule has 0 atom stereocenters. The molecule has 0 radical (unpaired) electrons. The first kappa shape index (κ1) is 18.8. The van der Waals surface area contributed by atoms with Crippen molar-refractivity contribution in [3.05, 3.63) is 52.5 Å². The summed E-state index contributed by atoms with van der Waals surface area (Å²) in [4.78, 5) is 24.3. The van der Waals surface area contributed by atoms with Crippen molar-refractivity contribution in [2.45, 2.75) is 13.0 Å². The lowest BCUT2D eigenvalue weighted by atomic mass is 10.3. The zero-order valence-corrected chi connectivity index (χ0v) is 14.1. The second-order valence-corrected chi connectivity index (χ2v) is 5.18. The molecule has 0 N–H and O–H groups in total. The largest absolute Gasteiger partial charge is 0.496 e. The van der Waals surface area contributed by atoms with Crippen molar-refractivity contribution in [1.82, 2.24) is 4.90 Å². The number of benzene rings is 1. The molecule has 2 rings (SSSR count). The van der Waals surface area contributed by atoms with Crippen LogP contribution in [-0.2, 0) is 11.3 Å². The summed E-state index contributed by atoms with van der Waals surface area (Å²) in [5.41, 5.74) is -0.299. The van der Waals surface area contributed by atoms with Crippen molar-refractivity contribution in [2.75, 3.05) is 20.3 Å². The fraction of sp³-hybridized carbons (Fsp3) is 0.294. The fourth-order valence-electron chi connectivity index (χ4n) is 2.19. The summed E-state index contributed by atoms with van der Waals surface area (Å²) in [6, 6.07) is 9.47. The molecule has 0 aliphatic carbocycles. The predicted molar refractivity (Wildman–Crippen MR) is 89.5 cm³/mol. The summed E-state index contributed by atoms with van der Waals surface area (Å²) < 4.78 is 15.5. The Labute approximate surface area is 149 Å². The van der Waals surface area contributed by atoms with Crippen LogP contribution in [0.1, 0.15) is 12.2 Å². The molecule has 1 aromatic carbocycles. The van der Waals surface area contributed by atoms with Crippen molar-refractivity contribution >= 4 is 11.6 Å². The fourth-order valence-corrected chi connectivity index (χ4v) is 2.19. The highest BCUT2D eigenvalue weighted by Crippen LogP contribution is 2.31. The van der Waals surface area contributed by atoms with E-state index >= 15 is 0 Å². The number of nitriles is 1. The lowest BCUT2D eigenvalue weighted by molar-refractivity contribution is -0.385. The second kappa shape index (κ2) is 9.08. The van der Waals surface area contributed by atoms with E-state index in [0.717, 1.165) is 0 Å². The maximum absolute atomic E-state index is 12.4. The molecule has 0 spiro atoms. The van der Waals surface area contributed by atoms with Crippen molar-refractivity contribution in [1.29, 1.82) is 5.26 Å². The smallest absolute Gasteiger partial charge is 0.314 e. The second-order valence-electron chi connectivity index (χ2n) is 5.18. The van der Waals surface area contributed by atoms with Crippen LogP contribution in [0, 0.1) is 21.4 Å². The molecule has 0 aliphatic rings. The Morgan fingerprint density at radius 2 is 2.23 bits per heavy atom. The summed E-state index contributed by atoms with van der Waals surface area (Å²) >= 11 is 0. The van der Waals surface area contributed by atoms with E-state index in [9.17, 15) is 14.9 Å². The van der Waals surface area contributed by atoms with Gasteiger partial charge in [0.25, 0.3) is 5.91 Å². The van der Waals surface area contributed by atoms with E-state index in [4.69, 9.17) is 19.2 Å². The van der Waals surface area contributed by atoms with Crippen LogP contribution in [-0.4, -0.2) is 36.0 Å². The third kappa shape index (κ3) is 4.98. The molecule has 9 heteroatoms. The molecule has 9 nitrogen and oxygen atoms in total. The van der Waals surface area contributed by atoms with Gasteiger partial charge in [-0.15, -0.1) is 0 Å². The van der Waals surface area contributed by atoms with Gasteiger partial charge in [0.1, 0.15) is 11.5 Å². The minimum atomic E-state index is -0.612. The first-order valence-electron chi connectivity index (χ1n) is 7.67. The molecule has 26 heavy (non-hydrogen) atoms. The highest BCUT2D eigenvalue weighted by molar-refractivity contribution is 5.78. The van der Waals surface area contributed by atoms with Gasteiger partial charge in [-0.2, -0.15) is 5.26 Å². The first-order valence-corrected chi connectivity index (χ1v) is 7.67. The minimum absolute atomic E-state index is 0.0395. The predicted octanol–water partition coefficient (Wildman–Crippen LogP) is 2.52. The highest BCUT2D eigenvalue weighted by atomic mass is 16.6. The molecule has 1 amide bonds. The molecule has 1 heterocycles. The number of rotatable bonds is 9. The number of furan rings is 1. The van der Waals surface area contributed by atoms with Gasteiger partial charge in [-0.3, -0.25) is 14.9 Å². The van der Waals surface area contributed by atoms with Crippen LogP contribution in [0.2, 0.25) is 0 Å². The van der Waals surface area contributed by atoms with Gasteiger partial charge in [0.15, 0.2) is 12.4 Å². The minimum Gasteiger partial charge on any atom is -0.496 e. The van der Waals surface area contributed by atoms with Crippen molar-refractivity contribution in [3.63, 3.8) is 0 Å². The quantitative estimate of drug-likeness (QED) is 0.498. The maximum atomic E-state index is 12.4. The average Bonchev–Trinajstić information content (AvgIpc) is 3.16. The van der Waals surface area contributed by atoms with Gasteiger partial charge >= 0.3 is 5.69 Å². The molecule has 0 unspecified atom stereocenters. The number of nitrogens with zero attached hydrogens (tertiary/aromatic N) is 3. The number of hydrogen-bond donors (Lipinski definition) is 0. The summed E-state index contributed by atoms with van der Waals surface area (Å²) in [5.74, 6) is 0.416. The maximum Gasteiger partial charge on any atom is 0.314 e. The van der Waals surface area contributed by atoms with Gasteiger partial charge in [-0.25, -0.2) is 0 Å². The Morgan fingerprint density at radius 1 is 1.42 bits per heavy atom. The Kier molecular flexibility index (Phi) is 6.56. The zero-order chi connectivity index (χ0) is 18.9. The van der Waals surface area contributed by atoms with E-state index in [0.29, 0.717) is 11.5 Å². The Balaban J connectivity index is 2.07. The molecular formula is C17H17N3O6. The number of nitro benzene ring substituents is 1. The van der Waals surface area contributed by atoms with E-state index in [1.807, 2.05) is 6.07 Å². The lowest BCUT2D eigenvalue weighted by Crippen LogP contribution is -2.35. The van der Waals surface area contributed by atoms with Crippen LogP contribution in [0.15, 0.2) is 41.0 Å². The molecular weight excluding hydrogens is 342 g/mol. The Morgan fingerprint density at radius 3 is 2.85 bits per heavy atom. The van der Waals surface area contributed by atoms with Crippen molar-refractivity contribution in [3.8, 4) is 17.6 Å². The first-order chi connectivity index (χ1) is 12.5. The number of methoxy groups -OCH3 is 1. The Bertz CT molecular complexity index is 797. The van der Waals surface area contributed by atoms with Crippen LogP contribution in [0.25, 0.3) is 0 Å². The van der Waals surface area contributed by atoms with Gasteiger partial charge in [-0.05, 0) is 24.3 Å². The number of carbonyl (C=O) groups excluding carboxylic acids is 1. The van der Waals surface area contributed by atoms with E-state index in [1.54, 1.807) is 12.1 Å². The van der Waals surface area contributed by atoms with Crippen LogP contribution in [0.3, 0.4) is 0 Å². The van der Waals surface area contributed by atoms with Crippen LogP contribution in [0.4, 0.5) is 5.69 Å². The topological polar surface area (TPSA) is 119 Å². The van der Waals surface area contributed by atoms with E-state index < -0.39 is 17.4 Å². The highest BCUT2D eigenvalue weighted by Gasteiger charge is 2.20. The lowest BCUT2D eigenvalue weighted by Gasteiger charge is -2.20. The van der Waals surface area contributed by atoms with Crippen LogP contribution >= 0.6 is 0 Å². The Hall–Kier alpha value is -3.54. The molecule has 0 aliphatic heterocycles. The molecule has 0 saturated heterocycles. The molecule has 136 valence electrons. The van der Waals surface area contributed by atoms with Crippen LogP contribution < -0.4 is 9.47 Å². The average molecular weight is 359 g/mol. The van der Waals surface area contributed by atoms with Crippen molar-refractivity contribution in [2.24, 2.45) is 0 Å². The monoisotopic (exact) mass is 359 g/mol. The number of hydrogen-bond acceptors (Lipinski definition) is 7. The molecule has 0 fully saturated rings. The van der Waals surface area contributed by atoms with Gasteiger partial charge in [0.2, 0.25) is 0 Å². The number of ether oxygens (including phenoxy) is 2. The summed E-state index contributed by atoms with van der Waals surface area (Å²) in [5, 5.41) is 19.9. The third-order valence-electron chi connectivity index (χ3n) is 3.49. The molecule has 0 bridgehead atoms. The summed E-state index contributed by atoms with van der Waals surface area (Å²) in [7, 11) is 1.39. The molecule has 0 saturated carbocycles. The zero-order valence-electron chi connectivity index (χ0n) is 14.1. The standard InChI is InChI=1S/C17H17N3O6/c1-24-13-5-6-16(15(10-13)20(22)23)26-12-17(21)19(8-3-7-18)11-14-4-2-9-25-14/h2,4-6,9-10H,3,8,11-12H2,1H3. The van der Waals surface area contributed by atoms with Gasteiger partial charge < -0.3 is 18.8 Å². The number of carbonyl (C=O) groups is 1. The molecule has 1 aromatic heterocycles. The third-order valence-corrected chi connectivity index (χ3v) is 3.49. The number of amides is 1. The van der Waals surface area contributed by atoms with Gasteiger partial charge in [0.05, 0.1) is 43.4 Å². The molecule has 2 aromatic rings. The SMILES string of the molecule is COc1ccc(OCC(=O)N(CCC#N)Cc2ccco2)c([N+](=O)[O-])c1.